The molecule has 2 aromatic rings. The molecule has 1 atom stereocenters. The maximum Gasteiger partial charge on any atom is 0.295 e. The van der Waals surface area contributed by atoms with Crippen LogP contribution in [0, 0.1) is 0 Å². The van der Waals surface area contributed by atoms with Crippen molar-refractivity contribution < 1.29 is 19.4 Å². The van der Waals surface area contributed by atoms with E-state index in [9.17, 15) is 14.7 Å². The van der Waals surface area contributed by atoms with E-state index in [0.717, 1.165) is 11.1 Å². The number of Topliss-reactive ketones (excluding diaryl/α,β-unsaturated/α-hetero) is 1. The monoisotopic (exact) mass is 394 g/mol. The number of hydrogen-bond acceptors (Lipinski definition) is 5. The van der Waals surface area contributed by atoms with Gasteiger partial charge in [-0.3, -0.25) is 14.6 Å². The van der Waals surface area contributed by atoms with Gasteiger partial charge in [0.2, 0.25) is 0 Å². The zero-order chi connectivity index (χ0) is 21.1. The fourth-order valence-corrected chi connectivity index (χ4v) is 3.73. The van der Waals surface area contributed by atoms with E-state index in [2.05, 4.69) is 4.98 Å². The molecule has 1 fully saturated rings. The molecule has 29 heavy (non-hydrogen) atoms. The fraction of sp³-hybridized carbons (Fsp3) is 0.348. The number of rotatable bonds is 6. The second-order valence-corrected chi connectivity index (χ2v) is 7.38. The third-order valence-electron chi connectivity index (χ3n) is 5.15. The number of ketones is 1. The Bertz CT molecular complexity index is 951. The van der Waals surface area contributed by atoms with Crippen LogP contribution in [-0.2, 0) is 9.59 Å². The number of aromatic nitrogens is 1. The summed E-state index contributed by atoms with van der Waals surface area (Å²) in [5, 5.41) is 11.1. The van der Waals surface area contributed by atoms with Gasteiger partial charge in [-0.05, 0) is 53.8 Å². The van der Waals surface area contributed by atoms with Crippen molar-refractivity contribution in [1.29, 1.82) is 0 Å². The number of carbonyl (C=O) groups is 2. The first-order valence-corrected chi connectivity index (χ1v) is 9.77. The Morgan fingerprint density at radius 3 is 2.48 bits per heavy atom. The van der Waals surface area contributed by atoms with Crippen molar-refractivity contribution in [3.05, 3.63) is 65.0 Å². The number of nitrogens with zero attached hydrogens (tertiary/aromatic N) is 2. The smallest absolute Gasteiger partial charge is 0.295 e. The number of amides is 1. The summed E-state index contributed by atoms with van der Waals surface area (Å²) in [7, 11) is 1.60. The van der Waals surface area contributed by atoms with Gasteiger partial charge in [0, 0.05) is 24.5 Å². The lowest BCUT2D eigenvalue weighted by molar-refractivity contribution is -0.139. The van der Waals surface area contributed by atoms with Gasteiger partial charge in [-0.1, -0.05) is 20.8 Å². The SMILES string of the molecule is CCCN1C(=O)C(=O)/C(=C(\O)c2ccc(OC)c(C(C)C)c2)C1c1ccncc1. The number of aliphatic hydroxyl groups is 1. The highest BCUT2D eigenvalue weighted by molar-refractivity contribution is 6.46. The first-order chi connectivity index (χ1) is 13.9. The second-order valence-electron chi connectivity index (χ2n) is 7.38. The molecule has 0 spiro atoms. The highest BCUT2D eigenvalue weighted by atomic mass is 16.5. The van der Waals surface area contributed by atoms with Gasteiger partial charge in [-0.2, -0.15) is 0 Å². The molecule has 0 saturated carbocycles. The minimum Gasteiger partial charge on any atom is -0.507 e. The number of likely N-dealkylation sites (tertiary alicyclic amines) is 1. The average molecular weight is 394 g/mol. The van der Waals surface area contributed by atoms with Gasteiger partial charge in [-0.25, -0.2) is 0 Å². The summed E-state index contributed by atoms with van der Waals surface area (Å²) in [5.74, 6) is -0.550. The van der Waals surface area contributed by atoms with Crippen LogP contribution in [-0.4, -0.2) is 40.3 Å². The number of aliphatic hydroxyl groups excluding tert-OH is 1. The number of methoxy groups -OCH3 is 1. The Balaban J connectivity index is 2.19. The quantitative estimate of drug-likeness (QED) is 0.454. The van der Waals surface area contributed by atoms with Gasteiger partial charge in [0.1, 0.15) is 11.5 Å². The lowest BCUT2D eigenvalue weighted by Gasteiger charge is -2.24. The van der Waals surface area contributed by atoms with Gasteiger partial charge in [0.15, 0.2) is 0 Å². The van der Waals surface area contributed by atoms with Crippen LogP contribution < -0.4 is 4.74 Å². The normalized spacial score (nSPS) is 18.5. The van der Waals surface area contributed by atoms with Crippen LogP contribution in [0.15, 0.2) is 48.3 Å². The van der Waals surface area contributed by atoms with Gasteiger partial charge in [0.25, 0.3) is 11.7 Å². The molecule has 1 N–H and O–H groups in total. The van der Waals surface area contributed by atoms with Gasteiger partial charge < -0.3 is 14.7 Å². The summed E-state index contributed by atoms with van der Waals surface area (Å²) in [5.41, 5.74) is 2.25. The number of hydrogen-bond donors (Lipinski definition) is 1. The number of carbonyl (C=O) groups excluding carboxylic acids is 2. The highest BCUT2D eigenvalue weighted by Gasteiger charge is 2.45. The largest absolute Gasteiger partial charge is 0.507 e. The van der Waals surface area contributed by atoms with E-state index in [4.69, 9.17) is 4.74 Å². The summed E-state index contributed by atoms with van der Waals surface area (Å²) in [6, 6.07) is 8.18. The zero-order valence-electron chi connectivity index (χ0n) is 17.2. The molecular weight excluding hydrogens is 368 g/mol. The maximum absolute atomic E-state index is 12.9. The minimum atomic E-state index is -0.667. The Morgan fingerprint density at radius 1 is 1.21 bits per heavy atom. The summed E-state index contributed by atoms with van der Waals surface area (Å²) in [6.07, 6.45) is 3.94. The molecule has 1 aromatic carbocycles. The van der Waals surface area contributed by atoms with E-state index in [1.165, 1.54) is 4.90 Å². The molecule has 1 saturated heterocycles. The fourth-order valence-electron chi connectivity index (χ4n) is 3.73. The lowest BCUT2D eigenvalue weighted by atomic mass is 9.93. The topological polar surface area (TPSA) is 79.7 Å². The van der Waals surface area contributed by atoms with E-state index in [0.29, 0.717) is 24.3 Å². The van der Waals surface area contributed by atoms with Crippen LogP contribution in [0.25, 0.3) is 5.76 Å². The van der Waals surface area contributed by atoms with E-state index >= 15 is 0 Å². The van der Waals surface area contributed by atoms with Crippen LogP contribution in [0.5, 0.6) is 5.75 Å². The highest BCUT2D eigenvalue weighted by Crippen LogP contribution is 2.40. The molecule has 0 radical (unpaired) electrons. The van der Waals surface area contributed by atoms with Crippen molar-refractivity contribution in [2.45, 2.75) is 39.2 Å². The molecule has 2 heterocycles. The first-order valence-electron chi connectivity index (χ1n) is 9.77. The van der Waals surface area contributed by atoms with Crippen molar-refractivity contribution in [2.24, 2.45) is 0 Å². The number of ether oxygens (including phenoxy) is 1. The summed E-state index contributed by atoms with van der Waals surface area (Å²) >= 11 is 0. The van der Waals surface area contributed by atoms with E-state index in [-0.39, 0.29) is 17.3 Å². The molecule has 3 rings (SSSR count). The van der Waals surface area contributed by atoms with Gasteiger partial charge >= 0.3 is 0 Å². The van der Waals surface area contributed by atoms with Crippen LogP contribution in [0.1, 0.15) is 55.8 Å². The molecule has 1 aromatic heterocycles. The van der Waals surface area contributed by atoms with Crippen LogP contribution in [0.2, 0.25) is 0 Å². The van der Waals surface area contributed by atoms with E-state index in [1.54, 1.807) is 43.8 Å². The van der Waals surface area contributed by atoms with Crippen LogP contribution in [0.4, 0.5) is 0 Å². The summed E-state index contributed by atoms with van der Waals surface area (Å²) < 4.78 is 5.41. The van der Waals surface area contributed by atoms with E-state index in [1.807, 2.05) is 26.8 Å². The van der Waals surface area contributed by atoms with Crippen molar-refractivity contribution >= 4 is 17.4 Å². The van der Waals surface area contributed by atoms with Gasteiger partial charge in [-0.15, -0.1) is 0 Å². The predicted molar refractivity (Wildman–Crippen MR) is 111 cm³/mol. The molecule has 1 unspecified atom stereocenters. The maximum atomic E-state index is 12.9. The van der Waals surface area contributed by atoms with Gasteiger partial charge in [0.05, 0.1) is 18.7 Å². The molecule has 1 amide bonds. The van der Waals surface area contributed by atoms with Crippen molar-refractivity contribution in [3.8, 4) is 5.75 Å². The molecule has 1 aliphatic heterocycles. The van der Waals surface area contributed by atoms with Crippen LogP contribution >= 0.6 is 0 Å². The van der Waals surface area contributed by atoms with Crippen molar-refractivity contribution in [3.63, 3.8) is 0 Å². The standard InChI is InChI=1S/C23H26N2O4/c1-5-12-25-20(15-8-10-24-11-9-15)19(22(27)23(25)28)21(26)16-6-7-18(29-4)17(13-16)14(2)3/h6-11,13-14,20,26H,5,12H2,1-4H3/b21-19-. The van der Waals surface area contributed by atoms with Crippen molar-refractivity contribution in [2.75, 3.05) is 13.7 Å². The Hall–Kier alpha value is -3.15. The third-order valence-corrected chi connectivity index (χ3v) is 5.15. The predicted octanol–water partition coefficient (Wildman–Crippen LogP) is 4.05. The van der Waals surface area contributed by atoms with E-state index < -0.39 is 17.7 Å². The summed E-state index contributed by atoms with van der Waals surface area (Å²) in [6.45, 7) is 6.42. The minimum absolute atomic E-state index is 0.106. The molecule has 6 nitrogen and oxygen atoms in total. The molecule has 152 valence electrons. The Kier molecular flexibility index (Phi) is 6.01. The second kappa shape index (κ2) is 8.47. The number of pyridine rings is 1. The lowest BCUT2D eigenvalue weighted by Crippen LogP contribution is -2.30. The first kappa shape index (κ1) is 20.6. The molecule has 1 aliphatic rings. The third kappa shape index (κ3) is 3.75. The average Bonchev–Trinajstić information content (AvgIpc) is 2.98. The summed E-state index contributed by atoms with van der Waals surface area (Å²) in [4.78, 5) is 31.1. The molecule has 0 bridgehead atoms. The van der Waals surface area contributed by atoms with Crippen LogP contribution in [0.3, 0.4) is 0 Å². The zero-order valence-corrected chi connectivity index (χ0v) is 17.2. The Labute approximate surface area is 170 Å². The molecular formula is C23H26N2O4. The number of benzene rings is 1. The molecule has 0 aliphatic carbocycles. The molecule has 6 heteroatoms. The van der Waals surface area contributed by atoms with Crippen molar-refractivity contribution in [1.82, 2.24) is 9.88 Å². The Morgan fingerprint density at radius 2 is 1.90 bits per heavy atom.